The molecule has 0 unspecified atom stereocenters. The number of aromatic nitrogens is 2. The SMILES string of the molecule is C#CC(=O)N1CCC(Oc2c(OC)cc3c4c(n(-c5ccc(Cl)c(Cl)c5)c(=O)nc24)N=CN3)CC1. The van der Waals surface area contributed by atoms with Crippen LogP contribution in [0.3, 0.4) is 0 Å². The first-order chi connectivity index (χ1) is 16.9. The molecule has 0 spiro atoms. The minimum Gasteiger partial charge on any atom is -0.493 e. The number of rotatable bonds is 4. The Morgan fingerprint density at radius 3 is 2.69 bits per heavy atom. The van der Waals surface area contributed by atoms with E-state index >= 15 is 0 Å². The highest BCUT2D eigenvalue weighted by Crippen LogP contribution is 2.45. The van der Waals surface area contributed by atoms with Crippen LogP contribution in [0.1, 0.15) is 12.8 Å². The van der Waals surface area contributed by atoms with E-state index in [2.05, 4.69) is 21.2 Å². The molecule has 1 aromatic heterocycles. The van der Waals surface area contributed by atoms with Crippen LogP contribution >= 0.6 is 23.2 Å². The summed E-state index contributed by atoms with van der Waals surface area (Å²) in [5, 5.41) is 4.34. The molecule has 3 aromatic rings. The van der Waals surface area contributed by atoms with Crippen molar-refractivity contribution < 1.29 is 14.3 Å². The van der Waals surface area contributed by atoms with Gasteiger partial charge in [-0.2, -0.15) is 4.98 Å². The van der Waals surface area contributed by atoms with Crippen molar-refractivity contribution in [2.45, 2.75) is 18.9 Å². The number of nitrogens with zero attached hydrogens (tertiary/aromatic N) is 4. The quantitative estimate of drug-likeness (QED) is 0.535. The lowest BCUT2D eigenvalue weighted by Gasteiger charge is -2.31. The molecule has 9 nitrogen and oxygen atoms in total. The van der Waals surface area contributed by atoms with Crippen LogP contribution in [0.25, 0.3) is 16.6 Å². The largest absolute Gasteiger partial charge is 0.493 e. The van der Waals surface area contributed by atoms with E-state index in [0.717, 1.165) is 0 Å². The molecule has 11 heteroatoms. The Morgan fingerprint density at radius 2 is 2.00 bits per heavy atom. The zero-order chi connectivity index (χ0) is 24.7. The van der Waals surface area contributed by atoms with Crippen LogP contribution in [0.2, 0.25) is 10.0 Å². The lowest BCUT2D eigenvalue weighted by atomic mass is 10.1. The van der Waals surface area contributed by atoms with Gasteiger partial charge >= 0.3 is 5.69 Å². The van der Waals surface area contributed by atoms with E-state index in [9.17, 15) is 9.59 Å². The summed E-state index contributed by atoms with van der Waals surface area (Å²) < 4.78 is 13.3. The molecular weight excluding hydrogens is 493 g/mol. The fourth-order valence-corrected chi connectivity index (χ4v) is 4.56. The van der Waals surface area contributed by atoms with Crippen LogP contribution in [0.15, 0.2) is 34.1 Å². The summed E-state index contributed by atoms with van der Waals surface area (Å²) in [5.41, 5.74) is 0.887. The maximum absolute atomic E-state index is 13.3. The average Bonchev–Trinajstić information content (AvgIpc) is 2.87. The standard InChI is InChI=1S/C24H19Cl2N5O4/c1-3-19(32)30-8-6-14(7-9-30)35-22-18(34-2)11-17-20-21(22)29-24(33)31(23(20)28-12-27-17)13-4-5-15(25)16(26)10-13/h1,4-5,10-12,14H,6-9H2,2H3,(H,27,28). The first-order valence-electron chi connectivity index (χ1n) is 10.8. The molecule has 2 aliphatic heterocycles. The Kier molecular flexibility index (Phi) is 6.01. The van der Waals surface area contributed by atoms with Gasteiger partial charge in [0.05, 0.1) is 40.3 Å². The molecule has 2 aromatic carbocycles. The van der Waals surface area contributed by atoms with Crippen LogP contribution in [0.5, 0.6) is 11.5 Å². The molecule has 1 saturated heterocycles. The van der Waals surface area contributed by atoms with Crippen molar-refractivity contribution in [3.05, 3.63) is 44.8 Å². The number of carbonyl (C=O) groups is 1. The molecule has 1 N–H and O–H groups in total. The smallest absolute Gasteiger partial charge is 0.354 e. The van der Waals surface area contributed by atoms with Gasteiger partial charge in [-0.3, -0.25) is 4.79 Å². The molecule has 3 heterocycles. The minimum atomic E-state index is -0.566. The number of nitrogens with one attached hydrogen (secondary N) is 1. The van der Waals surface area contributed by atoms with Crippen molar-refractivity contribution in [3.63, 3.8) is 0 Å². The van der Waals surface area contributed by atoms with E-state index in [1.54, 1.807) is 29.2 Å². The number of hydrogen-bond donors (Lipinski definition) is 1. The van der Waals surface area contributed by atoms with Gasteiger partial charge in [-0.05, 0) is 24.1 Å². The van der Waals surface area contributed by atoms with Crippen molar-refractivity contribution in [1.82, 2.24) is 14.5 Å². The molecule has 1 fully saturated rings. The van der Waals surface area contributed by atoms with Crippen molar-refractivity contribution in [1.29, 1.82) is 0 Å². The van der Waals surface area contributed by atoms with Crippen molar-refractivity contribution in [2.75, 3.05) is 25.5 Å². The van der Waals surface area contributed by atoms with E-state index < -0.39 is 5.69 Å². The number of hydrogen-bond acceptors (Lipinski definition) is 7. The predicted molar refractivity (Wildman–Crippen MR) is 135 cm³/mol. The predicted octanol–water partition coefficient (Wildman–Crippen LogP) is 3.79. The number of terminal acetylenes is 1. The monoisotopic (exact) mass is 511 g/mol. The highest BCUT2D eigenvalue weighted by molar-refractivity contribution is 6.42. The second kappa shape index (κ2) is 9.13. The summed E-state index contributed by atoms with van der Waals surface area (Å²) in [7, 11) is 1.52. The van der Waals surface area contributed by atoms with Gasteiger partial charge in [0.1, 0.15) is 11.6 Å². The van der Waals surface area contributed by atoms with Gasteiger partial charge in [0.2, 0.25) is 0 Å². The number of likely N-dealkylation sites (tertiary alicyclic amines) is 1. The number of halogens is 2. The molecule has 5 rings (SSSR count). The van der Waals surface area contributed by atoms with E-state index in [-0.39, 0.29) is 12.0 Å². The van der Waals surface area contributed by atoms with Crippen LogP contribution in [-0.4, -0.2) is 53.0 Å². The topological polar surface area (TPSA) is 98.0 Å². The number of ether oxygens (including phenoxy) is 2. The number of methoxy groups -OCH3 is 1. The summed E-state index contributed by atoms with van der Waals surface area (Å²) in [5.74, 6) is 2.93. The first-order valence-corrected chi connectivity index (χ1v) is 11.5. The summed E-state index contributed by atoms with van der Waals surface area (Å²) in [6, 6.07) is 6.63. The number of aliphatic imine (C=N–C) groups is 1. The van der Waals surface area contributed by atoms with Gasteiger partial charge in [-0.25, -0.2) is 14.4 Å². The molecule has 1 amide bonds. The Hall–Kier alpha value is -3.74. The van der Waals surface area contributed by atoms with Crippen molar-refractivity contribution in [2.24, 2.45) is 4.99 Å². The summed E-state index contributed by atoms with van der Waals surface area (Å²) >= 11 is 12.3. The summed E-state index contributed by atoms with van der Waals surface area (Å²) in [6.07, 6.45) is 7.65. The molecule has 2 aliphatic rings. The number of carbonyl (C=O) groups excluding carboxylic acids is 1. The molecule has 35 heavy (non-hydrogen) atoms. The Bertz CT molecular complexity index is 1490. The van der Waals surface area contributed by atoms with E-state index in [1.165, 1.54) is 18.0 Å². The molecule has 0 radical (unpaired) electrons. The summed E-state index contributed by atoms with van der Waals surface area (Å²) in [6.45, 7) is 0.946. The van der Waals surface area contributed by atoms with Crippen LogP contribution in [0.4, 0.5) is 11.5 Å². The van der Waals surface area contributed by atoms with Crippen LogP contribution in [-0.2, 0) is 4.79 Å². The Balaban J connectivity index is 1.62. The van der Waals surface area contributed by atoms with E-state index in [1.807, 2.05) is 0 Å². The molecule has 0 saturated carbocycles. The molecule has 178 valence electrons. The highest BCUT2D eigenvalue weighted by Gasteiger charge is 2.28. The maximum atomic E-state index is 13.3. The third-order valence-electron chi connectivity index (χ3n) is 5.98. The van der Waals surface area contributed by atoms with Crippen LogP contribution in [0, 0.1) is 12.3 Å². The Labute approximate surface area is 210 Å². The Morgan fingerprint density at radius 1 is 1.23 bits per heavy atom. The lowest BCUT2D eigenvalue weighted by molar-refractivity contribution is -0.126. The van der Waals surface area contributed by atoms with Gasteiger partial charge in [0, 0.05) is 32.0 Å². The minimum absolute atomic E-state index is 0.220. The van der Waals surface area contributed by atoms with Gasteiger partial charge in [-0.1, -0.05) is 23.2 Å². The summed E-state index contributed by atoms with van der Waals surface area (Å²) in [4.78, 5) is 35.5. The fourth-order valence-electron chi connectivity index (χ4n) is 4.26. The normalized spacial score (nSPS) is 15.0. The molecule has 0 bridgehead atoms. The van der Waals surface area contributed by atoms with Crippen molar-refractivity contribution >= 4 is 57.9 Å². The average molecular weight is 512 g/mol. The van der Waals surface area contributed by atoms with Crippen molar-refractivity contribution in [3.8, 4) is 29.5 Å². The maximum Gasteiger partial charge on any atom is 0.354 e. The van der Waals surface area contributed by atoms with Gasteiger partial charge in [-0.15, -0.1) is 6.42 Å². The number of piperidine rings is 1. The zero-order valence-corrected chi connectivity index (χ0v) is 20.1. The second-order valence-corrected chi connectivity index (χ2v) is 8.80. The van der Waals surface area contributed by atoms with Gasteiger partial charge < -0.3 is 19.7 Å². The fraction of sp³-hybridized carbons (Fsp3) is 0.250. The van der Waals surface area contributed by atoms with E-state index in [0.29, 0.717) is 75.6 Å². The van der Waals surface area contributed by atoms with Gasteiger partial charge in [0.15, 0.2) is 17.3 Å². The number of benzene rings is 2. The van der Waals surface area contributed by atoms with E-state index in [4.69, 9.17) is 39.1 Å². The van der Waals surface area contributed by atoms with Crippen LogP contribution < -0.4 is 20.5 Å². The third-order valence-corrected chi connectivity index (χ3v) is 6.72. The third kappa shape index (κ3) is 4.05. The highest BCUT2D eigenvalue weighted by atomic mass is 35.5. The second-order valence-electron chi connectivity index (χ2n) is 7.99. The first kappa shape index (κ1) is 23.0. The zero-order valence-electron chi connectivity index (χ0n) is 18.5. The number of anilines is 1. The molecular formula is C24H19Cl2N5O4. The lowest BCUT2D eigenvalue weighted by Crippen LogP contribution is -2.41. The molecule has 0 atom stereocenters. The number of amides is 1. The van der Waals surface area contributed by atoms with Gasteiger partial charge in [0.25, 0.3) is 5.91 Å². The molecule has 0 aliphatic carbocycles.